The Kier molecular flexibility index (Phi) is 6.64. The molecule has 0 aliphatic carbocycles. The van der Waals surface area contributed by atoms with Crippen LogP contribution in [0.5, 0.6) is 0 Å². The van der Waals surface area contributed by atoms with Gasteiger partial charge in [0.2, 0.25) is 0 Å². The first kappa shape index (κ1) is 13.6. The van der Waals surface area contributed by atoms with Crippen molar-refractivity contribution >= 4 is 17.8 Å². The lowest BCUT2D eigenvalue weighted by atomic mass is 10.1. The van der Waals surface area contributed by atoms with E-state index in [1.54, 1.807) is 0 Å². The molecule has 0 aromatic heterocycles. The fraction of sp³-hybridized carbons (Fsp3) is 0.909. The Balaban J connectivity index is 2.01. The van der Waals surface area contributed by atoms with E-state index < -0.39 is 0 Å². The first-order valence-corrected chi connectivity index (χ1v) is 7.01. The predicted molar refractivity (Wildman–Crippen MR) is 67.7 cm³/mol. The molecule has 0 spiro atoms. The van der Waals surface area contributed by atoms with Crippen molar-refractivity contribution in [3.63, 3.8) is 0 Å². The Morgan fingerprint density at radius 2 is 2.38 bits per heavy atom. The average Bonchev–Trinajstić information content (AvgIpc) is 2.77. The van der Waals surface area contributed by atoms with Gasteiger partial charge in [0.1, 0.15) is 0 Å². The van der Waals surface area contributed by atoms with Crippen LogP contribution < -0.4 is 10.6 Å². The van der Waals surface area contributed by atoms with Gasteiger partial charge in [-0.2, -0.15) is 11.8 Å². The lowest BCUT2D eigenvalue weighted by molar-refractivity contribution is 0.234. The van der Waals surface area contributed by atoms with Crippen molar-refractivity contribution in [3.05, 3.63) is 0 Å². The van der Waals surface area contributed by atoms with Crippen LogP contribution in [0.4, 0.5) is 4.79 Å². The van der Waals surface area contributed by atoms with E-state index in [1.165, 1.54) is 18.6 Å². The maximum absolute atomic E-state index is 11.4. The molecule has 5 heteroatoms. The van der Waals surface area contributed by atoms with E-state index in [1.807, 2.05) is 18.7 Å². The zero-order valence-electron chi connectivity index (χ0n) is 9.87. The summed E-state index contributed by atoms with van der Waals surface area (Å²) in [5.74, 6) is 1.55. The molecule has 4 nitrogen and oxygen atoms in total. The van der Waals surface area contributed by atoms with E-state index in [0.717, 1.165) is 13.0 Å². The summed E-state index contributed by atoms with van der Waals surface area (Å²) in [5, 5.41) is 15.0. The summed E-state index contributed by atoms with van der Waals surface area (Å²) < 4.78 is 0. The van der Waals surface area contributed by atoms with Crippen LogP contribution in [0.3, 0.4) is 0 Å². The molecule has 16 heavy (non-hydrogen) atoms. The first-order chi connectivity index (χ1) is 7.72. The molecular formula is C11H22N2O2S. The van der Waals surface area contributed by atoms with Crippen molar-refractivity contribution in [2.75, 3.05) is 25.4 Å². The fourth-order valence-electron chi connectivity index (χ4n) is 1.66. The molecule has 2 unspecified atom stereocenters. The zero-order valence-corrected chi connectivity index (χ0v) is 10.7. The molecule has 1 aliphatic heterocycles. The third-order valence-electron chi connectivity index (χ3n) is 2.75. The van der Waals surface area contributed by atoms with Crippen LogP contribution in [-0.2, 0) is 0 Å². The summed E-state index contributed by atoms with van der Waals surface area (Å²) in [4.78, 5) is 11.4. The van der Waals surface area contributed by atoms with Crippen LogP contribution in [0, 0.1) is 5.92 Å². The van der Waals surface area contributed by atoms with Gasteiger partial charge < -0.3 is 15.7 Å². The number of urea groups is 1. The van der Waals surface area contributed by atoms with Gasteiger partial charge in [-0.15, -0.1) is 0 Å². The van der Waals surface area contributed by atoms with E-state index in [-0.39, 0.29) is 12.6 Å². The minimum absolute atomic E-state index is 0.0858. The van der Waals surface area contributed by atoms with Gasteiger partial charge in [0.15, 0.2) is 0 Å². The average molecular weight is 246 g/mol. The van der Waals surface area contributed by atoms with Crippen LogP contribution in [0.1, 0.15) is 26.2 Å². The highest BCUT2D eigenvalue weighted by Crippen LogP contribution is 2.25. The van der Waals surface area contributed by atoms with Gasteiger partial charge in [0.25, 0.3) is 0 Å². The molecule has 94 valence electrons. The number of rotatable bonds is 6. The van der Waals surface area contributed by atoms with E-state index in [9.17, 15) is 4.79 Å². The molecule has 0 radical (unpaired) electrons. The van der Waals surface area contributed by atoms with E-state index in [2.05, 4.69) is 10.6 Å². The van der Waals surface area contributed by atoms with Crippen molar-refractivity contribution < 1.29 is 9.90 Å². The molecule has 0 aromatic carbocycles. The Hall–Kier alpha value is -0.420. The van der Waals surface area contributed by atoms with Gasteiger partial charge in [-0.3, -0.25) is 0 Å². The topological polar surface area (TPSA) is 61.4 Å². The number of aliphatic hydroxyl groups is 1. The number of hydrogen-bond acceptors (Lipinski definition) is 3. The highest BCUT2D eigenvalue weighted by atomic mass is 32.2. The van der Waals surface area contributed by atoms with Crippen molar-refractivity contribution in [2.24, 2.45) is 5.92 Å². The normalized spacial score (nSPS) is 21.8. The molecule has 2 amide bonds. The lowest BCUT2D eigenvalue weighted by Gasteiger charge is -2.13. The Bertz CT molecular complexity index is 208. The summed E-state index contributed by atoms with van der Waals surface area (Å²) in [6.07, 6.45) is 3.22. The van der Waals surface area contributed by atoms with E-state index in [4.69, 9.17) is 5.11 Å². The van der Waals surface area contributed by atoms with Gasteiger partial charge in [0, 0.05) is 24.9 Å². The third-order valence-corrected chi connectivity index (χ3v) is 4.15. The molecule has 3 N–H and O–H groups in total. The molecule has 1 rings (SSSR count). The van der Waals surface area contributed by atoms with E-state index >= 15 is 0 Å². The van der Waals surface area contributed by atoms with Crippen LogP contribution >= 0.6 is 11.8 Å². The SMILES string of the molecule is CC(CCO)CNC(=O)NCC1CCCS1. The van der Waals surface area contributed by atoms with Gasteiger partial charge in [-0.1, -0.05) is 6.92 Å². The fourth-order valence-corrected chi connectivity index (χ4v) is 2.86. The Morgan fingerprint density at radius 1 is 1.56 bits per heavy atom. The number of carbonyl (C=O) groups excluding carboxylic acids is 1. The van der Waals surface area contributed by atoms with Crippen molar-refractivity contribution in [3.8, 4) is 0 Å². The predicted octanol–water partition coefficient (Wildman–Crippen LogP) is 1.20. The molecule has 1 saturated heterocycles. The van der Waals surface area contributed by atoms with Crippen LogP contribution in [-0.4, -0.2) is 41.8 Å². The molecule has 0 saturated carbocycles. The summed E-state index contributed by atoms with van der Waals surface area (Å²) in [6.45, 7) is 3.60. The highest BCUT2D eigenvalue weighted by molar-refractivity contribution is 8.00. The van der Waals surface area contributed by atoms with E-state index in [0.29, 0.717) is 17.7 Å². The summed E-state index contributed by atoms with van der Waals surface area (Å²) in [7, 11) is 0. The second kappa shape index (κ2) is 7.79. The van der Waals surface area contributed by atoms with Crippen LogP contribution in [0.2, 0.25) is 0 Å². The highest BCUT2D eigenvalue weighted by Gasteiger charge is 2.16. The Labute approximate surface area is 102 Å². The molecule has 0 bridgehead atoms. The third kappa shape index (κ3) is 5.61. The number of hydrogen-bond donors (Lipinski definition) is 3. The van der Waals surface area contributed by atoms with Crippen molar-refractivity contribution in [1.29, 1.82) is 0 Å². The number of thioether (sulfide) groups is 1. The maximum atomic E-state index is 11.4. The molecule has 2 atom stereocenters. The second-order valence-corrected chi connectivity index (χ2v) is 5.75. The number of carbonyl (C=O) groups is 1. The Morgan fingerprint density at radius 3 is 3.00 bits per heavy atom. The van der Waals surface area contributed by atoms with Gasteiger partial charge in [-0.05, 0) is 30.9 Å². The molecule has 1 fully saturated rings. The molecule has 0 aromatic rings. The monoisotopic (exact) mass is 246 g/mol. The van der Waals surface area contributed by atoms with Gasteiger partial charge in [0.05, 0.1) is 0 Å². The van der Waals surface area contributed by atoms with Crippen LogP contribution in [0.15, 0.2) is 0 Å². The van der Waals surface area contributed by atoms with Crippen LogP contribution in [0.25, 0.3) is 0 Å². The smallest absolute Gasteiger partial charge is 0.314 e. The van der Waals surface area contributed by atoms with Gasteiger partial charge >= 0.3 is 6.03 Å². The molecular weight excluding hydrogens is 224 g/mol. The van der Waals surface area contributed by atoms with Crippen molar-refractivity contribution in [2.45, 2.75) is 31.4 Å². The molecule has 1 aliphatic rings. The summed E-state index contributed by atoms with van der Waals surface area (Å²) >= 11 is 1.94. The number of nitrogens with one attached hydrogen (secondary N) is 2. The molecule has 1 heterocycles. The minimum Gasteiger partial charge on any atom is -0.396 e. The first-order valence-electron chi connectivity index (χ1n) is 5.96. The number of amides is 2. The largest absolute Gasteiger partial charge is 0.396 e. The minimum atomic E-state index is -0.0858. The quantitative estimate of drug-likeness (QED) is 0.660. The van der Waals surface area contributed by atoms with Crippen molar-refractivity contribution in [1.82, 2.24) is 10.6 Å². The maximum Gasteiger partial charge on any atom is 0.314 e. The zero-order chi connectivity index (χ0) is 11.8. The summed E-state index contributed by atoms with van der Waals surface area (Å²) in [5.41, 5.74) is 0. The standard InChI is InChI=1S/C11H22N2O2S/c1-9(4-5-14)7-12-11(15)13-8-10-3-2-6-16-10/h9-10,14H,2-8H2,1H3,(H2,12,13,15). The number of aliphatic hydroxyl groups excluding tert-OH is 1. The summed E-state index contributed by atoms with van der Waals surface area (Å²) in [6, 6.07) is -0.0858. The lowest BCUT2D eigenvalue weighted by Crippen LogP contribution is -2.40. The van der Waals surface area contributed by atoms with Gasteiger partial charge in [-0.25, -0.2) is 4.79 Å². The second-order valence-electron chi connectivity index (χ2n) is 4.34.